The van der Waals surface area contributed by atoms with Crippen LogP contribution >= 0.6 is 0 Å². The molecule has 1 fully saturated rings. The van der Waals surface area contributed by atoms with Crippen LogP contribution in [0.25, 0.3) is 0 Å². The summed E-state index contributed by atoms with van der Waals surface area (Å²) < 4.78 is 17.7. The topological polar surface area (TPSA) is 68.2 Å². The van der Waals surface area contributed by atoms with Gasteiger partial charge in [-0.1, -0.05) is 33.6 Å². The molecule has 140 valence electrons. The molecule has 1 aliphatic rings. The molecule has 0 aliphatic carbocycles. The minimum absolute atomic E-state index is 0.0359. The molecule has 0 bridgehead atoms. The van der Waals surface area contributed by atoms with E-state index < -0.39 is 32.7 Å². The van der Waals surface area contributed by atoms with E-state index in [2.05, 4.69) is 46.7 Å². The average molecular weight is 359 g/mol. The SMILES string of the molecule is C#C[C@@H]1C[C@@H](O[Si](C)(C)C(C)(C)C(C)C)[C@H]([C@H](O)CO)[C@@H](OC)O1. The van der Waals surface area contributed by atoms with Crippen molar-refractivity contribution in [1.29, 1.82) is 0 Å². The maximum atomic E-state index is 10.3. The third-order valence-corrected chi connectivity index (χ3v) is 10.6. The second kappa shape index (κ2) is 8.30. The Hall–Kier alpha value is -0.423. The van der Waals surface area contributed by atoms with Crippen molar-refractivity contribution in [2.24, 2.45) is 11.8 Å². The number of terminal acetylenes is 1. The lowest BCUT2D eigenvalue weighted by atomic mass is 9.89. The van der Waals surface area contributed by atoms with Gasteiger partial charge in [-0.2, -0.15) is 0 Å². The second-order valence-corrected chi connectivity index (χ2v) is 12.5. The molecular formula is C18H34O5Si. The molecule has 2 N–H and O–H groups in total. The van der Waals surface area contributed by atoms with Crippen molar-refractivity contribution in [2.45, 2.75) is 76.8 Å². The summed E-state index contributed by atoms with van der Waals surface area (Å²) in [4.78, 5) is 0. The molecule has 24 heavy (non-hydrogen) atoms. The number of hydrogen-bond donors (Lipinski definition) is 2. The van der Waals surface area contributed by atoms with E-state index in [1.165, 1.54) is 7.11 Å². The van der Waals surface area contributed by atoms with Crippen LogP contribution in [0.4, 0.5) is 0 Å². The Kier molecular flexibility index (Phi) is 7.48. The van der Waals surface area contributed by atoms with E-state index in [1.807, 2.05) is 0 Å². The molecule has 0 radical (unpaired) electrons. The number of methoxy groups -OCH3 is 1. The summed E-state index contributed by atoms with van der Waals surface area (Å²) in [7, 11) is -0.627. The van der Waals surface area contributed by atoms with Crippen LogP contribution in [0.2, 0.25) is 18.1 Å². The highest BCUT2D eigenvalue weighted by Gasteiger charge is 2.50. The monoisotopic (exact) mass is 358 g/mol. The van der Waals surface area contributed by atoms with Crippen molar-refractivity contribution >= 4 is 8.32 Å². The number of ether oxygens (including phenoxy) is 2. The van der Waals surface area contributed by atoms with Gasteiger partial charge in [-0.25, -0.2) is 0 Å². The van der Waals surface area contributed by atoms with Crippen LogP contribution in [0.5, 0.6) is 0 Å². The van der Waals surface area contributed by atoms with Gasteiger partial charge in [0, 0.05) is 13.5 Å². The summed E-state index contributed by atoms with van der Waals surface area (Å²) in [6, 6.07) is 0. The maximum Gasteiger partial charge on any atom is 0.192 e. The fourth-order valence-corrected chi connectivity index (χ4v) is 5.78. The molecule has 6 heteroatoms. The van der Waals surface area contributed by atoms with E-state index in [-0.39, 0.29) is 17.7 Å². The quantitative estimate of drug-likeness (QED) is 0.540. The summed E-state index contributed by atoms with van der Waals surface area (Å²) >= 11 is 0. The largest absolute Gasteiger partial charge is 0.413 e. The molecule has 0 aromatic carbocycles. The predicted octanol–water partition coefficient (Wildman–Crippen LogP) is 2.38. The van der Waals surface area contributed by atoms with Gasteiger partial charge >= 0.3 is 0 Å². The first-order chi connectivity index (χ1) is 11.0. The molecule has 0 spiro atoms. The van der Waals surface area contributed by atoms with E-state index in [4.69, 9.17) is 20.3 Å². The zero-order chi connectivity index (χ0) is 18.7. The lowest BCUT2D eigenvalue weighted by Gasteiger charge is -2.49. The average Bonchev–Trinajstić information content (AvgIpc) is 2.52. The lowest BCUT2D eigenvalue weighted by Crippen LogP contribution is -2.57. The van der Waals surface area contributed by atoms with Crippen molar-refractivity contribution in [1.82, 2.24) is 0 Å². The summed E-state index contributed by atoms with van der Waals surface area (Å²) in [5.41, 5.74) is 0. The summed E-state index contributed by atoms with van der Waals surface area (Å²) in [6.07, 6.45) is 3.62. The van der Waals surface area contributed by atoms with Crippen molar-refractivity contribution in [2.75, 3.05) is 13.7 Å². The van der Waals surface area contributed by atoms with Crippen molar-refractivity contribution in [3.8, 4) is 12.3 Å². The third kappa shape index (κ3) is 4.40. The van der Waals surface area contributed by atoms with Gasteiger partial charge in [0.15, 0.2) is 14.6 Å². The van der Waals surface area contributed by atoms with Crippen LogP contribution in [0.1, 0.15) is 34.1 Å². The van der Waals surface area contributed by atoms with Gasteiger partial charge in [0.1, 0.15) is 6.10 Å². The molecule has 5 nitrogen and oxygen atoms in total. The molecular weight excluding hydrogens is 324 g/mol. The van der Waals surface area contributed by atoms with Gasteiger partial charge in [-0.3, -0.25) is 0 Å². The minimum atomic E-state index is -2.14. The van der Waals surface area contributed by atoms with Gasteiger partial charge in [-0.15, -0.1) is 6.42 Å². The highest BCUT2D eigenvalue weighted by Crippen LogP contribution is 2.46. The summed E-state index contributed by atoms with van der Waals surface area (Å²) in [5, 5.41) is 19.8. The van der Waals surface area contributed by atoms with E-state index in [9.17, 15) is 10.2 Å². The highest BCUT2D eigenvalue weighted by atomic mass is 28.4. The summed E-state index contributed by atoms with van der Waals surface area (Å²) in [5.74, 6) is 2.60. The van der Waals surface area contributed by atoms with E-state index in [0.717, 1.165) is 0 Å². The third-order valence-electron chi connectivity index (χ3n) is 5.98. The Morgan fingerprint density at radius 2 is 1.96 bits per heavy atom. The normalized spacial score (nSPS) is 30.2. The van der Waals surface area contributed by atoms with Crippen LogP contribution < -0.4 is 0 Å². The Bertz CT molecular complexity index is 443. The van der Waals surface area contributed by atoms with Crippen LogP contribution in [0, 0.1) is 24.2 Å². The second-order valence-electron chi connectivity index (χ2n) is 8.00. The first kappa shape index (κ1) is 21.6. The molecule has 0 unspecified atom stereocenters. The smallest absolute Gasteiger partial charge is 0.192 e. The molecule has 5 atom stereocenters. The standard InChI is InChI=1S/C18H34O5Si/c1-9-13-10-15(16(14(20)11-19)17(21-6)22-13)23-24(7,8)18(4,5)12(2)3/h1,12-17,19-20H,10-11H2,2-8H3/t13-,14-,15-,16+,17+/m1/s1. The van der Waals surface area contributed by atoms with Gasteiger partial charge in [0.05, 0.1) is 24.7 Å². The molecule has 1 heterocycles. The number of aliphatic hydroxyl groups excluding tert-OH is 2. The van der Waals surface area contributed by atoms with Crippen LogP contribution in [0.3, 0.4) is 0 Å². The molecule has 0 amide bonds. The molecule has 0 aromatic heterocycles. The molecule has 1 aliphatic heterocycles. The van der Waals surface area contributed by atoms with Crippen molar-refractivity contribution in [3.05, 3.63) is 0 Å². The first-order valence-corrected chi connectivity index (χ1v) is 11.5. The highest BCUT2D eigenvalue weighted by molar-refractivity contribution is 6.74. The number of aliphatic hydroxyl groups is 2. The van der Waals surface area contributed by atoms with E-state index >= 15 is 0 Å². The first-order valence-electron chi connectivity index (χ1n) is 8.63. The Morgan fingerprint density at radius 1 is 1.38 bits per heavy atom. The Morgan fingerprint density at radius 3 is 2.38 bits per heavy atom. The minimum Gasteiger partial charge on any atom is -0.413 e. The van der Waals surface area contributed by atoms with Gasteiger partial charge in [0.25, 0.3) is 0 Å². The fraction of sp³-hybridized carbons (Fsp3) is 0.889. The Balaban J connectivity index is 3.12. The van der Waals surface area contributed by atoms with E-state index in [1.54, 1.807) is 0 Å². The van der Waals surface area contributed by atoms with Crippen molar-refractivity contribution in [3.63, 3.8) is 0 Å². The fourth-order valence-electron chi connectivity index (χ4n) is 3.07. The van der Waals surface area contributed by atoms with E-state index in [0.29, 0.717) is 12.3 Å². The molecule has 1 saturated heterocycles. The van der Waals surface area contributed by atoms with Crippen LogP contribution in [0.15, 0.2) is 0 Å². The summed E-state index contributed by atoms with van der Waals surface area (Å²) in [6.45, 7) is 12.9. The predicted molar refractivity (Wildman–Crippen MR) is 96.9 cm³/mol. The van der Waals surface area contributed by atoms with Crippen molar-refractivity contribution < 1.29 is 24.1 Å². The van der Waals surface area contributed by atoms with Gasteiger partial charge < -0.3 is 24.1 Å². The maximum absolute atomic E-state index is 10.3. The molecule has 1 rings (SSSR count). The number of hydrogen-bond acceptors (Lipinski definition) is 5. The lowest BCUT2D eigenvalue weighted by molar-refractivity contribution is -0.244. The Labute approximate surface area is 147 Å². The zero-order valence-electron chi connectivity index (χ0n) is 16.1. The van der Waals surface area contributed by atoms with Crippen LogP contribution in [-0.2, 0) is 13.9 Å². The molecule has 0 saturated carbocycles. The van der Waals surface area contributed by atoms with Gasteiger partial charge in [-0.05, 0) is 24.1 Å². The zero-order valence-corrected chi connectivity index (χ0v) is 17.1. The number of rotatable bonds is 7. The van der Waals surface area contributed by atoms with Gasteiger partial charge in [0.2, 0.25) is 0 Å². The van der Waals surface area contributed by atoms with Crippen LogP contribution in [-0.4, -0.2) is 56.8 Å². The molecule has 0 aromatic rings.